The van der Waals surface area contributed by atoms with Crippen molar-refractivity contribution in [3.63, 3.8) is 0 Å². The van der Waals surface area contributed by atoms with Gasteiger partial charge in [-0.1, -0.05) is 17.7 Å². The maximum atomic E-state index is 13.1. The van der Waals surface area contributed by atoms with E-state index in [0.29, 0.717) is 5.69 Å². The molecule has 0 radical (unpaired) electrons. The third-order valence-electron chi connectivity index (χ3n) is 3.78. The molecule has 1 fully saturated rings. The molecule has 0 atom stereocenters. The first kappa shape index (κ1) is 14.0. The molecule has 0 saturated carbocycles. The summed E-state index contributed by atoms with van der Waals surface area (Å²) in [6, 6.07) is 12.5. The van der Waals surface area contributed by atoms with E-state index in [-0.39, 0.29) is 5.82 Å². The monoisotopic (exact) mass is 305 g/mol. The summed E-state index contributed by atoms with van der Waals surface area (Å²) in [5, 5.41) is 0.748. The minimum absolute atomic E-state index is 0.297. The Bertz CT molecular complexity index is 639. The quantitative estimate of drug-likeness (QED) is 0.863. The first-order chi connectivity index (χ1) is 10.1. The molecule has 0 amide bonds. The van der Waals surface area contributed by atoms with E-state index < -0.39 is 0 Å². The number of nitrogens with two attached hydrogens (primary N) is 1. The fraction of sp³-hybridized carbons (Fsp3) is 0.250. The van der Waals surface area contributed by atoms with Gasteiger partial charge in [-0.15, -0.1) is 0 Å². The van der Waals surface area contributed by atoms with E-state index in [1.54, 1.807) is 6.07 Å². The maximum Gasteiger partial charge on any atom is 0.125 e. The fourth-order valence-electron chi connectivity index (χ4n) is 2.69. The van der Waals surface area contributed by atoms with Crippen LogP contribution in [0.5, 0.6) is 0 Å². The number of nitrogen functional groups attached to an aromatic ring is 1. The second-order valence-corrected chi connectivity index (χ2v) is 5.59. The second-order valence-electron chi connectivity index (χ2n) is 5.16. The summed E-state index contributed by atoms with van der Waals surface area (Å²) < 4.78 is 13.1. The number of piperazine rings is 1. The normalized spacial score (nSPS) is 15.3. The molecule has 110 valence electrons. The number of halogens is 2. The summed E-state index contributed by atoms with van der Waals surface area (Å²) >= 11 is 6.04. The van der Waals surface area contributed by atoms with Crippen LogP contribution in [0.15, 0.2) is 42.5 Å². The van der Waals surface area contributed by atoms with Crippen molar-refractivity contribution < 1.29 is 4.39 Å². The average molecular weight is 306 g/mol. The Balaban J connectivity index is 1.70. The minimum atomic E-state index is -0.297. The molecule has 1 saturated heterocycles. The van der Waals surface area contributed by atoms with Gasteiger partial charge in [0.1, 0.15) is 5.82 Å². The second kappa shape index (κ2) is 5.82. The van der Waals surface area contributed by atoms with Crippen molar-refractivity contribution in [3.05, 3.63) is 53.3 Å². The summed E-state index contributed by atoms with van der Waals surface area (Å²) in [6.45, 7) is 3.47. The lowest BCUT2D eigenvalue weighted by Crippen LogP contribution is -2.46. The van der Waals surface area contributed by atoms with Crippen LogP contribution in [-0.4, -0.2) is 26.2 Å². The molecule has 0 aromatic heterocycles. The number of anilines is 3. The van der Waals surface area contributed by atoms with E-state index in [1.807, 2.05) is 18.2 Å². The molecule has 0 bridgehead atoms. The van der Waals surface area contributed by atoms with Crippen LogP contribution in [0.3, 0.4) is 0 Å². The number of hydrogen-bond donors (Lipinski definition) is 1. The lowest BCUT2D eigenvalue weighted by Gasteiger charge is -2.37. The van der Waals surface area contributed by atoms with Crippen molar-refractivity contribution in [2.24, 2.45) is 0 Å². The summed E-state index contributed by atoms with van der Waals surface area (Å²) in [5.41, 5.74) is 8.44. The molecule has 0 unspecified atom stereocenters. The van der Waals surface area contributed by atoms with Crippen molar-refractivity contribution >= 4 is 28.7 Å². The summed E-state index contributed by atoms with van der Waals surface area (Å²) in [4.78, 5) is 4.48. The SMILES string of the molecule is Nc1cc(F)ccc1N1CCN(c2cccc(Cl)c2)CC1. The highest BCUT2D eigenvalue weighted by Crippen LogP contribution is 2.27. The van der Waals surface area contributed by atoms with E-state index in [4.69, 9.17) is 17.3 Å². The summed E-state index contributed by atoms with van der Waals surface area (Å²) in [6.07, 6.45) is 0. The van der Waals surface area contributed by atoms with Gasteiger partial charge in [-0.25, -0.2) is 4.39 Å². The third-order valence-corrected chi connectivity index (χ3v) is 4.02. The molecule has 1 aliphatic heterocycles. The number of rotatable bonds is 2. The number of benzene rings is 2. The predicted octanol–water partition coefficient (Wildman–Crippen LogP) is 3.39. The zero-order chi connectivity index (χ0) is 14.8. The highest BCUT2D eigenvalue weighted by atomic mass is 35.5. The van der Waals surface area contributed by atoms with Crippen molar-refractivity contribution in [2.45, 2.75) is 0 Å². The predicted molar refractivity (Wildman–Crippen MR) is 86.7 cm³/mol. The van der Waals surface area contributed by atoms with E-state index in [0.717, 1.165) is 42.6 Å². The fourth-order valence-corrected chi connectivity index (χ4v) is 2.88. The van der Waals surface area contributed by atoms with Crippen LogP contribution in [0.2, 0.25) is 5.02 Å². The molecule has 1 aliphatic rings. The standard InChI is InChI=1S/C16H17ClFN3/c17-12-2-1-3-14(10-12)20-6-8-21(9-7-20)16-5-4-13(18)11-15(16)19/h1-5,10-11H,6-9,19H2. The molecule has 1 heterocycles. The minimum Gasteiger partial charge on any atom is -0.397 e. The summed E-state index contributed by atoms with van der Waals surface area (Å²) in [7, 11) is 0. The van der Waals surface area contributed by atoms with Crippen LogP contribution in [0, 0.1) is 5.82 Å². The van der Waals surface area contributed by atoms with Gasteiger partial charge < -0.3 is 15.5 Å². The lowest BCUT2D eigenvalue weighted by atomic mass is 10.2. The third kappa shape index (κ3) is 3.05. The molecule has 3 rings (SSSR count). The highest BCUT2D eigenvalue weighted by Gasteiger charge is 2.19. The van der Waals surface area contributed by atoms with E-state index in [9.17, 15) is 4.39 Å². The molecule has 2 aromatic rings. The van der Waals surface area contributed by atoms with Crippen LogP contribution >= 0.6 is 11.6 Å². The average Bonchev–Trinajstić information content (AvgIpc) is 2.47. The first-order valence-electron chi connectivity index (χ1n) is 6.94. The summed E-state index contributed by atoms with van der Waals surface area (Å²) in [5.74, 6) is -0.297. The Labute approximate surface area is 128 Å². The number of hydrogen-bond acceptors (Lipinski definition) is 3. The van der Waals surface area contributed by atoms with Gasteiger partial charge in [-0.05, 0) is 36.4 Å². The van der Waals surface area contributed by atoms with Gasteiger partial charge >= 0.3 is 0 Å². The van der Waals surface area contributed by atoms with Gasteiger partial charge in [-0.3, -0.25) is 0 Å². The topological polar surface area (TPSA) is 32.5 Å². The smallest absolute Gasteiger partial charge is 0.125 e. The Morgan fingerprint density at radius 1 is 0.952 bits per heavy atom. The molecule has 2 N–H and O–H groups in total. The maximum absolute atomic E-state index is 13.1. The molecule has 3 nitrogen and oxygen atoms in total. The van der Waals surface area contributed by atoms with Gasteiger partial charge in [0.15, 0.2) is 0 Å². The molecular formula is C16H17ClFN3. The van der Waals surface area contributed by atoms with Crippen molar-refractivity contribution in [1.29, 1.82) is 0 Å². The van der Waals surface area contributed by atoms with Crippen LogP contribution in [0.25, 0.3) is 0 Å². The van der Waals surface area contributed by atoms with E-state index >= 15 is 0 Å². The van der Waals surface area contributed by atoms with E-state index in [1.165, 1.54) is 12.1 Å². The van der Waals surface area contributed by atoms with Crippen LogP contribution in [-0.2, 0) is 0 Å². The molecule has 21 heavy (non-hydrogen) atoms. The number of nitrogens with zero attached hydrogens (tertiary/aromatic N) is 2. The molecular weight excluding hydrogens is 289 g/mol. The van der Waals surface area contributed by atoms with Crippen LogP contribution in [0.4, 0.5) is 21.5 Å². The Hall–Kier alpha value is -1.94. The van der Waals surface area contributed by atoms with Crippen LogP contribution < -0.4 is 15.5 Å². The van der Waals surface area contributed by atoms with Crippen molar-refractivity contribution in [3.8, 4) is 0 Å². The zero-order valence-corrected chi connectivity index (χ0v) is 12.4. The molecule has 0 spiro atoms. The van der Waals surface area contributed by atoms with Gasteiger partial charge in [0, 0.05) is 36.9 Å². The van der Waals surface area contributed by atoms with Gasteiger partial charge in [0.2, 0.25) is 0 Å². The Kier molecular flexibility index (Phi) is 3.88. The van der Waals surface area contributed by atoms with Crippen LogP contribution in [0.1, 0.15) is 0 Å². The molecule has 5 heteroatoms. The Morgan fingerprint density at radius 2 is 1.67 bits per heavy atom. The van der Waals surface area contributed by atoms with Crippen molar-refractivity contribution in [1.82, 2.24) is 0 Å². The first-order valence-corrected chi connectivity index (χ1v) is 7.32. The van der Waals surface area contributed by atoms with Gasteiger partial charge in [0.25, 0.3) is 0 Å². The lowest BCUT2D eigenvalue weighted by molar-refractivity contribution is 0.626. The van der Waals surface area contributed by atoms with Gasteiger partial charge in [-0.2, -0.15) is 0 Å². The van der Waals surface area contributed by atoms with Crippen molar-refractivity contribution in [2.75, 3.05) is 41.7 Å². The largest absolute Gasteiger partial charge is 0.397 e. The van der Waals surface area contributed by atoms with Gasteiger partial charge in [0.05, 0.1) is 11.4 Å². The molecule has 0 aliphatic carbocycles. The molecule has 2 aromatic carbocycles. The van der Waals surface area contributed by atoms with E-state index in [2.05, 4.69) is 15.9 Å². The zero-order valence-electron chi connectivity index (χ0n) is 11.6. The highest BCUT2D eigenvalue weighted by molar-refractivity contribution is 6.30. The Morgan fingerprint density at radius 3 is 2.33 bits per heavy atom.